The zero-order valence-corrected chi connectivity index (χ0v) is 14.7. The van der Waals surface area contributed by atoms with Gasteiger partial charge < -0.3 is 20.5 Å². The number of aliphatic hydroxyl groups excluding tert-OH is 1. The Balaban J connectivity index is 1.98. The highest BCUT2D eigenvalue weighted by molar-refractivity contribution is 5.89. The van der Waals surface area contributed by atoms with Crippen LogP contribution >= 0.6 is 0 Å². The zero-order chi connectivity index (χ0) is 19.9. The maximum Gasteiger partial charge on any atom is 0.416 e. The first-order chi connectivity index (χ1) is 12.8. The number of hydrogen-bond acceptors (Lipinski definition) is 3. The second kappa shape index (κ2) is 9.38. The molecule has 0 bridgehead atoms. The Morgan fingerprint density at radius 2 is 1.89 bits per heavy atom. The molecule has 27 heavy (non-hydrogen) atoms. The van der Waals surface area contributed by atoms with Crippen molar-refractivity contribution >= 4 is 11.7 Å². The van der Waals surface area contributed by atoms with Crippen LogP contribution in [0.3, 0.4) is 0 Å². The van der Waals surface area contributed by atoms with Gasteiger partial charge in [-0.05, 0) is 30.7 Å². The summed E-state index contributed by atoms with van der Waals surface area (Å²) in [5.41, 5.74) is 1.07. The molecule has 0 aromatic heterocycles. The lowest BCUT2D eigenvalue weighted by molar-refractivity contribution is -0.137. The zero-order valence-electron chi connectivity index (χ0n) is 14.7. The molecule has 2 amide bonds. The second-order valence-corrected chi connectivity index (χ2v) is 5.91. The van der Waals surface area contributed by atoms with Gasteiger partial charge in [0, 0.05) is 12.2 Å². The van der Waals surface area contributed by atoms with E-state index in [1.54, 1.807) is 0 Å². The maximum absolute atomic E-state index is 12.7. The highest BCUT2D eigenvalue weighted by atomic mass is 19.4. The average Bonchev–Trinajstić information content (AvgIpc) is 2.62. The Kier molecular flexibility index (Phi) is 7.20. The summed E-state index contributed by atoms with van der Waals surface area (Å²) < 4.78 is 43.7. The Morgan fingerprint density at radius 1 is 1.19 bits per heavy atom. The van der Waals surface area contributed by atoms with Crippen molar-refractivity contribution < 1.29 is 27.8 Å². The van der Waals surface area contributed by atoms with Gasteiger partial charge in [-0.3, -0.25) is 0 Å². The van der Waals surface area contributed by atoms with Crippen LogP contribution in [0.4, 0.5) is 23.7 Å². The number of halogens is 3. The molecule has 0 aliphatic rings. The van der Waals surface area contributed by atoms with Crippen LogP contribution in [0.15, 0.2) is 48.5 Å². The molecule has 1 atom stereocenters. The lowest BCUT2D eigenvalue weighted by Crippen LogP contribution is -2.33. The van der Waals surface area contributed by atoms with Crippen LogP contribution in [-0.4, -0.2) is 30.9 Å². The van der Waals surface area contributed by atoms with Gasteiger partial charge in [-0.1, -0.05) is 35.9 Å². The Morgan fingerprint density at radius 3 is 2.52 bits per heavy atom. The number of urea groups is 1. The van der Waals surface area contributed by atoms with Gasteiger partial charge in [0.05, 0.1) is 24.9 Å². The van der Waals surface area contributed by atoms with E-state index in [0.29, 0.717) is 0 Å². The first-order valence-corrected chi connectivity index (χ1v) is 8.30. The fraction of sp³-hybridized carbons (Fsp3) is 0.316. The van der Waals surface area contributed by atoms with Crippen LogP contribution < -0.4 is 10.6 Å². The van der Waals surface area contributed by atoms with Crippen molar-refractivity contribution in [3.05, 3.63) is 65.2 Å². The lowest BCUT2D eigenvalue weighted by atomic mass is 10.1. The molecular formula is C19H21F3N2O3. The predicted octanol–water partition coefficient (Wildman–Crippen LogP) is 3.89. The van der Waals surface area contributed by atoms with Crippen LogP contribution in [0.1, 0.15) is 22.8 Å². The summed E-state index contributed by atoms with van der Waals surface area (Å²) in [5, 5.41) is 13.9. The van der Waals surface area contributed by atoms with Gasteiger partial charge in [-0.2, -0.15) is 13.2 Å². The van der Waals surface area contributed by atoms with Gasteiger partial charge in [0.2, 0.25) is 0 Å². The van der Waals surface area contributed by atoms with Crippen molar-refractivity contribution in [2.75, 3.05) is 25.1 Å². The van der Waals surface area contributed by atoms with Crippen LogP contribution in [0.2, 0.25) is 0 Å². The highest BCUT2D eigenvalue weighted by Crippen LogP contribution is 2.30. The summed E-state index contributed by atoms with van der Waals surface area (Å²) in [6.45, 7) is 1.95. The van der Waals surface area contributed by atoms with Gasteiger partial charge >= 0.3 is 12.2 Å². The van der Waals surface area contributed by atoms with Gasteiger partial charge in [-0.25, -0.2) is 4.79 Å². The third kappa shape index (κ3) is 6.58. The first-order valence-electron chi connectivity index (χ1n) is 8.30. The van der Waals surface area contributed by atoms with Crippen LogP contribution in [-0.2, 0) is 10.9 Å². The molecule has 0 saturated heterocycles. The van der Waals surface area contributed by atoms with E-state index in [4.69, 9.17) is 9.84 Å². The number of rotatable bonds is 7. The molecule has 2 aromatic carbocycles. The van der Waals surface area contributed by atoms with E-state index in [0.717, 1.165) is 23.3 Å². The van der Waals surface area contributed by atoms with Crippen molar-refractivity contribution in [2.45, 2.75) is 19.2 Å². The highest BCUT2D eigenvalue weighted by Gasteiger charge is 2.30. The maximum atomic E-state index is 12.7. The molecule has 0 aliphatic heterocycles. The van der Waals surface area contributed by atoms with E-state index in [9.17, 15) is 18.0 Å². The number of anilines is 1. The van der Waals surface area contributed by atoms with Crippen LogP contribution in [0.5, 0.6) is 0 Å². The summed E-state index contributed by atoms with van der Waals surface area (Å²) in [6, 6.07) is 11.2. The molecule has 0 radical (unpaired) electrons. The number of aryl methyl sites for hydroxylation is 1. The number of ether oxygens (including phenoxy) is 1. The van der Waals surface area contributed by atoms with Crippen molar-refractivity contribution in [2.24, 2.45) is 0 Å². The fourth-order valence-electron chi connectivity index (χ4n) is 2.38. The third-order valence-electron chi connectivity index (χ3n) is 3.76. The average molecular weight is 382 g/mol. The van der Waals surface area contributed by atoms with Gasteiger partial charge in [0.1, 0.15) is 0 Å². The minimum Gasteiger partial charge on any atom is -0.394 e. The van der Waals surface area contributed by atoms with E-state index in [2.05, 4.69) is 10.6 Å². The van der Waals surface area contributed by atoms with E-state index in [1.807, 2.05) is 31.2 Å². The molecule has 8 heteroatoms. The van der Waals surface area contributed by atoms with Gasteiger partial charge in [-0.15, -0.1) is 0 Å². The molecule has 0 unspecified atom stereocenters. The number of carbonyl (C=O) groups excluding carboxylic acids is 1. The van der Waals surface area contributed by atoms with Crippen molar-refractivity contribution in [3.8, 4) is 0 Å². The smallest absolute Gasteiger partial charge is 0.394 e. The van der Waals surface area contributed by atoms with Crippen molar-refractivity contribution in [1.29, 1.82) is 0 Å². The van der Waals surface area contributed by atoms with E-state index < -0.39 is 23.9 Å². The Labute approximate surface area is 155 Å². The molecule has 3 N–H and O–H groups in total. The van der Waals surface area contributed by atoms with E-state index in [1.165, 1.54) is 12.1 Å². The van der Waals surface area contributed by atoms with Crippen molar-refractivity contribution in [1.82, 2.24) is 5.32 Å². The number of hydrogen-bond donors (Lipinski definition) is 3. The molecule has 5 nitrogen and oxygen atoms in total. The molecule has 0 spiro atoms. The second-order valence-electron chi connectivity index (χ2n) is 5.91. The molecule has 0 aliphatic carbocycles. The summed E-state index contributed by atoms with van der Waals surface area (Å²) >= 11 is 0. The molecular weight excluding hydrogens is 361 g/mol. The number of benzene rings is 2. The minimum atomic E-state index is -4.48. The molecule has 0 heterocycles. The molecule has 2 rings (SSSR count). The number of aliphatic hydroxyl groups is 1. The SMILES string of the molecule is Cc1ccc([C@@H](CNC(=O)Nc2cccc(C(F)(F)F)c2)OCCO)cc1. The van der Waals surface area contributed by atoms with E-state index >= 15 is 0 Å². The lowest BCUT2D eigenvalue weighted by Gasteiger charge is -2.19. The summed E-state index contributed by atoms with van der Waals surface area (Å²) in [5.74, 6) is 0. The Bertz CT molecular complexity index is 749. The fourth-order valence-corrected chi connectivity index (χ4v) is 2.38. The Hall–Kier alpha value is -2.58. The van der Waals surface area contributed by atoms with E-state index in [-0.39, 0.29) is 25.4 Å². The molecule has 2 aromatic rings. The minimum absolute atomic E-state index is 0.0329. The number of amides is 2. The standard InChI is InChI=1S/C19H21F3N2O3/c1-13-5-7-14(8-6-13)17(27-10-9-25)12-23-18(26)24-16-4-2-3-15(11-16)19(20,21)22/h2-8,11,17,25H,9-10,12H2,1H3,(H2,23,24,26)/t17-/m1/s1. The molecule has 0 fully saturated rings. The van der Waals surface area contributed by atoms with Crippen molar-refractivity contribution in [3.63, 3.8) is 0 Å². The normalized spacial score (nSPS) is 12.5. The largest absolute Gasteiger partial charge is 0.416 e. The molecule has 0 saturated carbocycles. The quantitative estimate of drug-likeness (QED) is 0.681. The number of alkyl halides is 3. The summed E-state index contributed by atoms with van der Waals surface area (Å²) in [4.78, 5) is 12.0. The topological polar surface area (TPSA) is 70.6 Å². The third-order valence-corrected chi connectivity index (χ3v) is 3.76. The summed E-state index contributed by atoms with van der Waals surface area (Å²) in [7, 11) is 0. The number of nitrogens with one attached hydrogen (secondary N) is 2. The summed E-state index contributed by atoms with van der Waals surface area (Å²) in [6.07, 6.45) is -4.98. The first kappa shape index (κ1) is 20.7. The van der Waals surface area contributed by atoms with Crippen LogP contribution in [0.25, 0.3) is 0 Å². The monoisotopic (exact) mass is 382 g/mol. The van der Waals surface area contributed by atoms with Gasteiger partial charge in [0.25, 0.3) is 0 Å². The van der Waals surface area contributed by atoms with Gasteiger partial charge in [0.15, 0.2) is 0 Å². The van der Waals surface area contributed by atoms with Crippen LogP contribution in [0, 0.1) is 6.92 Å². The predicted molar refractivity (Wildman–Crippen MR) is 95.4 cm³/mol. The number of carbonyl (C=O) groups is 1. The molecule has 146 valence electrons.